The predicted molar refractivity (Wildman–Crippen MR) is 76.4 cm³/mol. The number of hydrogen-bond donors (Lipinski definition) is 0. The third-order valence-electron chi connectivity index (χ3n) is 2.53. The van der Waals surface area contributed by atoms with Gasteiger partial charge in [-0.25, -0.2) is 12.8 Å². The second-order valence-electron chi connectivity index (χ2n) is 3.93. The Morgan fingerprint density at radius 2 is 1.84 bits per heavy atom. The van der Waals surface area contributed by atoms with Crippen molar-refractivity contribution in [3.63, 3.8) is 0 Å². The molecular weight excluding hydrogens is 355 g/mol. The van der Waals surface area contributed by atoms with Crippen molar-refractivity contribution in [1.82, 2.24) is 0 Å². The van der Waals surface area contributed by atoms with Gasteiger partial charge in [-0.05, 0) is 29.8 Å². The van der Waals surface area contributed by atoms with E-state index in [0.29, 0.717) is 10.6 Å². The average molecular weight is 364 g/mol. The molecule has 0 fully saturated rings. The van der Waals surface area contributed by atoms with Crippen LogP contribution in [0.1, 0.15) is 5.56 Å². The van der Waals surface area contributed by atoms with E-state index in [4.69, 9.17) is 11.6 Å². The van der Waals surface area contributed by atoms with E-state index in [-0.39, 0.29) is 10.6 Å². The summed E-state index contributed by atoms with van der Waals surface area (Å²) in [4.78, 5) is -0.311. The lowest BCUT2D eigenvalue weighted by molar-refractivity contribution is 0.566. The Kier molecular flexibility index (Phi) is 4.28. The zero-order valence-electron chi connectivity index (χ0n) is 9.61. The van der Waals surface area contributed by atoms with Crippen LogP contribution in [0.25, 0.3) is 0 Å². The van der Waals surface area contributed by atoms with E-state index >= 15 is 0 Å². The minimum Gasteiger partial charge on any atom is -0.223 e. The topological polar surface area (TPSA) is 34.1 Å². The summed E-state index contributed by atoms with van der Waals surface area (Å²) in [5.41, 5.74) is 0.438. The Balaban J connectivity index is 2.40. The van der Waals surface area contributed by atoms with Gasteiger partial charge >= 0.3 is 0 Å². The molecule has 0 bridgehead atoms. The molecule has 0 aliphatic rings. The van der Waals surface area contributed by atoms with Gasteiger partial charge in [0.1, 0.15) is 10.7 Å². The lowest BCUT2D eigenvalue weighted by atomic mass is 10.2. The van der Waals surface area contributed by atoms with E-state index in [0.717, 1.165) is 10.5 Å². The van der Waals surface area contributed by atoms with Crippen LogP contribution in [0.5, 0.6) is 0 Å². The van der Waals surface area contributed by atoms with Crippen LogP contribution in [0.15, 0.2) is 51.8 Å². The Morgan fingerprint density at radius 3 is 2.47 bits per heavy atom. The van der Waals surface area contributed by atoms with Gasteiger partial charge < -0.3 is 0 Å². The standard InChI is InChI=1S/C13H9BrClFO2S/c14-10-6-5-9(11(15)7-10)8-19(17,18)13-4-2-1-3-12(13)16/h1-7H,8H2. The highest BCUT2D eigenvalue weighted by atomic mass is 79.9. The first-order valence-electron chi connectivity index (χ1n) is 5.31. The maximum Gasteiger partial charge on any atom is 0.185 e. The van der Waals surface area contributed by atoms with Gasteiger partial charge in [0.05, 0.1) is 5.75 Å². The van der Waals surface area contributed by atoms with Crippen LogP contribution in [-0.4, -0.2) is 8.42 Å². The summed E-state index contributed by atoms with van der Waals surface area (Å²) in [6.45, 7) is 0. The molecule has 2 nitrogen and oxygen atoms in total. The van der Waals surface area contributed by atoms with Crippen molar-refractivity contribution in [3.8, 4) is 0 Å². The van der Waals surface area contributed by atoms with Crippen LogP contribution in [0.2, 0.25) is 5.02 Å². The number of halogens is 3. The van der Waals surface area contributed by atoms with Crippen LogP contribution in [0.3, 0.4) is 0 Å². The molecule has 2 aromatic rings. The first kappa shape index (κ1) is 14.5. The Labute approximate surface area is 124 Å². The SMILES string of the molecule is O=S(=O)(Cc1ccc(Br)cc1Cl)c1ccccc1F. The van der Waals surface area contributed by atoms with Gasteiger partial charge in [0, 0.05) is 9.50 Å². The summed E-state index contributed by atoms with van der Waals surface area (Å²) in [6, 6.07) is 10.2. The fraction of sp³-hybridized carbons (Fsp3) is 0.0769. The Bertz CT molecular complexity index is 716. The minimum atomic E-state index is -3.75. The van der Waals surface area contributed by atoms with Gasteiger partial charge in [0.2, 0.25) is 0 Å². The molecule has 0 amide bonds. The molecule has 19 heavy (non-hydrogen) atoms. The summed E-state index contributed by atoms with van der Waals surface area (Å²) in [5.74, 6) is -1.09. The molecule has 0 unspecified atom stereocenters. The summed E-state index contributed by atoms with van der Waals surface area (Å²) in [7, 11) is -3.75. The first-order valence-corrected chi connectivity index (χ1v) is 8.14. The molecule has 0 N–H and O–H groups in total. The molecule has 0 aliphatic carbocycles. The Hall–Kier alpha value is -0.910. The first-order chi connectivity index (χ1) is 8.90. The van der Waals surface area contributed by atoms with Crippen LogP contribution >= 0.6 is 27.5 Å². The third-order valence-corrected chi connectivity index (χ3v) is 5.07. The van der Waals surface area contributed by atoms with Crippen molar-refractivity contribution in [2.24, 2.45) is 0 Å². The summed E-state index contributed by atoms with van der Waals surface area (Å²) in [5, 5.41) is 0.328. The molecule has 0 saturated carbocycles. The smallest absolute Gasteiger partial charge is 0.185 e. The number of hydrogen-bond acceptors (Lipinski definition) is 2. The Morgan fingerprint density at radius 1 is 1.16 bits per heavy atom. The van der Waals surface area contributed by atoms with Crippen LogP contribution in [-0.2, 0) is 15.6 Å². The average Bonchev–Trinajstić information content (AvgIpc) is 2.33. The molecule has 2 rings (SSSR count). The van der Waals surface area contributed by atoms with E-state index < -0.39 is 15.7 Å². The molecule has 100 valence electrons. The normalized spacial score (nSPS) is 11.5. The second-order valence-corrected chi connectivity index (χ2v) is 7.21. The molecule has 2 aromatic carbocycles. The molecular formula is C13H9BrClFO2S. The highest BCUT2D eigenvalue weighted by Gasteiger charge is 2.20. The van der Waals surface area contributed by atoms with Crippen molar-refractivity contribution in [1.29, 1.82) is 0 Å². The van der Waals surface area contributed by atoms with Gasteiger partial charge in [-0.15, -0.1) is 0 Å². The second kappa shape index (κ2) is 5.61. The maximum atomic E-state index is 13.5. The molecule has 0 spiro atoms. The summed E-state index contributed by atoms with van der Waals surface area (Å²) in [6.07, 6.45) is 0. The van der Waals surface area contributed by atoms with Crippen LogP contribution < -0.4 is 0 Å². The summed E-state index contributed by atoms with van der Waals surface area (Å²) >= 11 is 9.21. The van der Waals surface area contributed by atoms with Crippen LogP contribution in [0.4, 0.5) is 4.39 Å². The van der Waals surface area contributed by atoms with Crippen molar-refractivity contribution in [2.75, 3.05) is 0 Å². The zero-order chi connectivity index (χ0) is 14.0. The van der Waals surface area contributed by atoms with E-state index in [1.54, 1.807) is 18.2 Å². The van der Waals surface area contributed by atoms with E-state index in [9.17, 15) is 12.8 Å². The van der Waals surface area contributed by atoms with Gasteiger partial charge in [0.25, 0.3) is 0 Å². The lowest BCUT2D eigenvalue weighted by Crippen LogP contribution is -2.07. The zero-order valence-corrected chi connectivity index (χ0v) is 12.8. The third kappa shape index (κ3) is 3.35. The molecule has 6 heteroatoms. The van der Waals surface area contributed by atoms with Crippen molar-refractivity contribution < 1.29 is 12.8 Å². The molecule has 0 heterocycles. The fourth-order valence-corrected chi connectivity index (χ4v) is 3.91. The predicted octanol–water partition coefficient (Wildman–Crippen LogP) is 4.22. The molecule has 0 saturated heterocycles. The van der Waals surface area contributed by atoms with E-state index in [1.807, 2.05) is 0 Å². The van der Waals surface area contributed by atoms with Crippen molar-refractivity contribution in [3.05, 3.63) is 63.3 Å². The number of sulfone groups is 1. The van der Waals surface area contributed by atoms with E-state index in [2.05, 4.69) is 15.9 Å². The number of benzene rings is 2. The number of rotatable bonds is 3. The van der Waals surface area contributed by atoms with E-state index in [1.165, 1.54) is 18.2 Å². The van der Waals surface area contributed by atoms with Gasteiger partial charge in [0.15, 0.2) is 9.84 Å². The molecule has 0 aliphatic heterocycles. The maximum absolute atomic E-state index is 13.5. The molecule has 0 aromatic heterocycles. The van der Waals surface area contributed by atoms with Crippen LogP contribution in [0, 0.1) is 5.82 Å². The lowest BCUT2D eigenvalue weighted by Gasteiger charge is -2.07. The highest BCUT2D eigenvalue weighted by molar-refractivity contribution is 9.10. The summed E-state index contributed by atoms with van der Waals surface area (Å²) < 4.78 is 38.6. The molecule has 0 atom stereocenters. The van der Waals surface area contributed by atoms with Crippen molar-refractivity contribution >= 4 is 37.4 Å². The largest absolute Gasteiger partial charge is 0.223 e. The highest BCUT2D eigenvalue weighted by Crippen LogP contribution is 2.26. The quantitative estimate of drug-likeness (QED) is 0.818. The van der Waals surface area contributed by atoms with Crippen molar-refractivity contribution in [2.45, 2.75) is 10.6 Å². The van der Waals surface area contributed by atoms with Gasteiger partial charge in [-0.1, -0.05) is 45.7 Å². The molecule has 0 radical (unpaired) electrons. The van der Waals surface area contributed by atoms with Gasteiger partial charge in [-0.2, -0.15) is 0 Å². The van der Waals surface area contributed by atoms with Gasteiger partial charge in [-0.3, -0.25) is 0 Å². The fourth-order valence-electron chi connectivity index (χ4n) is 1.62. The minimum absolute atomic E-state index is 0.311. The monoisotopic (exact) mass is 362 g/mol.